The molecule has 39 heavy (non-hydrogen) atoms. The lowest BCUT2D eigenvalue weighted by molar-refractivity contribution is -0.249. The molecule has 12 atom stereocenters. The van der Waals surface area contributed by atoms with Crippen molar-refractivity contribution in [3.8, 4) is 0 Å². The molecule has 0 aliphatic carbocycles. The van der Waals surface area contributed by atoms with Gasteiger partial charge in [-0.25, -0.2) is 19.5 Å². The molecule has 4 heterocycles. The molecule has 2 unspecified atom stereocenters. The van der Waals surface area contributed by atoms with Crippen LogP contribution in [0, 0.1) is 0 Å². The summed E-state index contributed by atoms with van der Waals surface area (Å²) in [6, 6.07) is 0. The highest BCUT2D eigenvalue weighted by molar-refractivity contribution is 7.47. The lowest BCUT2D eigenvalue weighted by Crippen LogP contribution is -2.61. The topological polar surface area (TPSA) is 285 Å². The normalized spacial score (nSPS) is 36.6. The minimum Gasteiger partial charge on any atom is -0.394 e. The number of aromatic nitrogens is 4. The fraction of sp³-hybridized carbons (Fsp3) is 0.750. The highest BCUT2D eigenvalue weighted by Gasteiger charge is 2.48. The summed E-state index contributed by atoms with van der Waals surface area (Å²) in [6.07, 6.45) is -13.7. The number of aliphatic hydroxyl groups excluding tert-OH is 7. The van der Waals surface area contributed by atoms with Gasteiger partial charge >= 0.3 is 7.82 Å². The second kappa shape index (κ2) is 11.9. The van der Waals surface area contributed by atoms with Crippen molar-refractivity contribution in [2.24, 2.45) is 0 Å². The van der Waals surface area contributed by atoms with Gasteiger partial charge in [-0.2, -0.15) is 0 Å². The van der Waals surface area contributed by atoms with Crippen molar-refractivity contribution in [3.05, 3.63) is 12.7 Å². The van der Waals surface area contributed by atoms with Gasteiger partial charge in [-0.1, -0.05) is 0 Å². The first-order valence-corrected chi connectivity index (χ1v) is 13.4. The summed E-state index contributed by atoms with van der Waals surface area (Å²) in [5.41, 5.74) is 6.23. The Kier molecular flexibility index (Phi) is 9.18. The standard InChI is InChI=1S/C20H32N5O13P/c1-7(2-9-12(28)14(30)15(31)17(36-9)8(27)3-26)38-39(33,34)35-4-10-13(29)16(32)20(37-10)25-6-24-11-18(21)22-5-23-19(11)25/h5-10,12-17,20,26-32H,2-4H2,1H3,(H,33,34)(H2,21,22,23)/t7-,8+,9?,10-,12-,13-,14-,15+,16-,17-,20-/m1/s1. The van der Waals surface area contributed by atoms with Crippen LogP contribution in [0.15, 0.2) is 12.7 Å². The molecule has 2 aromatic rings. The highest BCUT2D eigenvalue weighted by atomic mass is 31.2. The zero-order chi connectivity index (χ0) is 28.6. The maximum atomic E-state index is 12.5. The van der Waals surface area contributed by atoms with Crippen LogP contribution in [0.3, 0.4) is 0 Å². The van der Waals surface area contributed by atoms with Crippen LogP contribution in [0.1, 0.15) is 19.6 Å². The molecule has 0 amide bonds. The fourth-order valence-corrected chi connectivity index (χ4v) is 5.48. The van der Waals surface area contributed by atoms with Crippen molar-refractivity contribution < 1.29 is 63.7 Å². The molecule has 2 aromatic heterocycles. The van der Waals surface area contributed by atoms with Gasteiger partial charge < -0.3 is 55.8 Å². The number of anilines is 1. The molecule has 10 N–H and O–H groups in total. The van der Waals surface area contributed by atoms with Crippen LogP contribution < -0.4 is 5.73 Å². The molecule has 0 spiro atoms. The van der Waals surface area contributed by atoms with Crippen molar-refractivity contribution in [2.45, 2.75) is 80.6 Å². The first kappa shape index (κ1) is 30.1. The Morgan fingerprint density at radius 1 is 1.05 bits per heavy atom. The number of aliphatic hydroxyl groups is 7. The molecule has 2 aliphatic rings. The van der Waals surface area contributed by atoms with Crippen molar-refractivity contribution in [2.75, 3.05) is 18.9 Å². The first-order chi connectivity index (χ1) is 18.3. The number of ether oxygens (including phenoxy) is 2. The minimum atomic E-state index is -4.80. The van der Waals surface area contributed by atoms with Gasteiger partial charge in [0.1, 0.15) is 60.7 Å². The number of nitrogens with two attached hydrogens (primary N) is 1. The lowest BCUT2D eigenvalue weighted by Gasteiger charge is -2.42. The molecule has 19 heteroatoms. The van der Waals surface area contributed by atoms with Crippen LogP contribution in [-0.4, -0.2) is 134 Å². The number of rotatable bonds is 10. The number of phosphoric acid groups is 1. The molecule has 2 saturated heterocycles. The smallest absolute Gasteiger partial charge is 0.394 e. The number of hydrogen-bond acceptors (Lipinski definition) is 16. The first-order valence-electron chi connectivity index (χ1n) is 11.9. The van der Waals surface area contributed by atoms with Gasteiger partial charge in [-0.05, 0) is 6.92 Å². The van der Waals surface area contributed by atoms with Crippen molar-refractivity contribution >= 4 is 24.8 Å². The van der Waals surface area contributed by atoms with E-state index in [2.05, 4.69) is 15.0 Å². The minimum absolute atomic E-state index is 0.0936. The summed E-state index contributed by atoms with van der Waals surface area (Å²) in [4.78, 5) is 22.1. The molecule has 0 saturated carbocycles. The summed E-state index contributed by atoms with van der Waals surface area (Å²) >= 11 is 0. The Morgan fingerprint density at radius 2 is 1.74 bits per heavy atom. The third-order valence-electron chi connectivity index (χ3n) is 6.59. The number of fused-ring (bicyclic) bond motifs is 1. The van der Waals surface area contributed by atoms with Gasteiger partial charge in [-0.3, -0.25) is 13.6 Å². The van der Waals surface area contributed by atoms with E-state index < -0.39 is 88.3 Å². The fourth-order valence-electron chi connectivity index (χ4n) is 4.54. The maximum Gasteiger partial charge on any atom is 0.472 e. The van der Waals surface area contributed by atoms with Gasteiger partial charge in [0.25, 0.3) is 0 Å². The van der Waals surface area contributed by atoms with E-state index in [0.717, 1.165) is 0 Å². The molecular weight excluding hydrogens is 549 g/mol. The number of phosphoric ester groups is 1. The monoisotopic (exact) mass is 581 g/mol. The molecule has 4 rings (SSSR count). The summed E-state index contributed by atoms with van der Waals surface area (Å²) < 4.78 is 34.9. The predicted molar refractivity (Wildman–Crippen MR) is 126 cm³/mol. The zero-order valence-electron chi connectivity index (χ0n) is 20.6. The number of nitrogens with zero attached hydrogens (tertiary/aromatic N) is 4. The Morgan fingerprint density at radius 3 is 2.44 bits per heavy atom. The molecular formula is C20H32N5O13P. The summed E-state index contributed by atoms with van der Waals surface area (Å²) in [7, 11) is -4.80. The van der Waals surface area contributed by atoms with Gasteiger partial charge in [-0.15, -0.1) is 0 Å². The summed E-state index contributed by atoms with van der Waals surface area (Å²) in [6.45, 7) is -0.112. The summed E-state index contributed by atoms with van der Waals surface area (Å²) in [5.74, 6) is 0.0936. The van der Waals surface area contributed by atoms with E-state index in [9.17, 15) is 40.1 Å². The molecule has 2 fully saturated rings. The van der Waals surface area contributed by atoms with Gasteiger partial charge in [0.05, 0.1) is 31.7 Å². The van der Waals surface area contributed by atoms with Crippen LogP contribution >= 0.6 is 7.82 Å². The maximum absolute atomic E-state index is 12.5. The molecule has 0 bridgehead atoms. The second-order valence-electron chi connectivity index (χ2n) is 9.41. The number of hydrogen-bond donors (Lipinski definition) is 9. The van der Waals surface area contributed by atoms with E-state index in [1.807, 2.05) is 0 Å². The Hall–Kier alpha value is -1.90. The third-order valence-corrected chi connectivity index (χ3v) is 7.69. The van der Waals surface area contributed by atoms with E-state index in [0.29, 0.717) is 0 Å². The Labute approximate surface area is 220 Å². The number of imidazole rings is 1. The zero-order valence-corrected chi connectivity index (χ0v) is 21.5. The molecule has 18 nitrogen and oxygen atoms in total. The van der Waals surface area contributed by atoms with Crippen LogP contribution in [-0.2, 0) is 23.1 Å². The Bertz CT molecular complexity index is 1170. The predicted octanol–water partition coefficient (Wildman–Crippen LogP) is -3.86. The van der Waals surface area contributed by atoms with Crippen molar-refractivity contribution in [1.82, 2.24) is 19.5 Å². The largest absolute Gasteiger partial charge is 0.472 e. The molecule has 220 valence electrons. The molecule has 0 aromatic carbocycles. The van der Waals surface area contributed by atoms with Crippen LogP contribution in [0.5, 0.6) is 0 Å². The quantitative estimate of drug-likeness (QED) is 0.121. The van der Waals surface area contributed by atoms with Crippen LogP contribution in [0.25, 0.3) is 11.2 Å². The SMILES string of the molecule is C[C@H](CC1O[C@H]([C@@H](O)CO)[C@@H](O)[C@H](O)[C@@H]1O)OP(=O)(O)OC[C@H]1O[C@@H](n2cnc3c(N)ncnc32)[C@H](O)[C@@H]1O. The van der Waals surface area contributed by atoms with Crippen LogP contribution in [0.4, 0.5) is 5.82 Å². The summed E-state index contributed by atoms with van der Waals surface area (Å²) in [5, 5.41) is 70.2. The van der Waals surface area contributed by atoms with E-state index in [-0.39, 0.29) is 23.4 Å². The lowest BCUT2D eigenvalue weighted by atomic mass is 9.90. The Balaban J connectivity index is 1.34. The molecule has 2 aliphatic heterocycles. The van der Waals surface area contributed by atoms with Crippen molar-refractivity contribution in [1.29, 1.82) is 0 Å². The van der Waals surface area contributed by atoms with Crippen molar-refractivity contribution in [3.63, 3.8) is 0 Å². The van der Waals surface area contributed by atoms with E-state index in [4.69, 9.17) is 29.4 Å². The van der Waals surface area contributed by atoms with Gasteiger partial charge in [0, 0.05) is 6.42 Å². The highest BCUT2D eigenvalue weighted by Crippen LogP contribution is 2.46. The average Bonchev–Trinajstić information content (AvgIpc) is 3.44. The average molecular weight is 581 g/mol. The number of nitrogen functional groups attached to an aromatic ring is 1. The third kappa shape index (κ3) is 6.23. The molecule has 0 radical (unpaired) electrons. The van der Waals surface area contributed by atoms with E-state index >= 15 is 0 Å². The van der Waals surface area contributed by atoms with Gasteiger partial charge in [0.15, 0.2) is 17.7 Å². The van der Waals surface area contributed by atoms with Crippen LogP contribution in [0.2, 0.25) is 0 Å². The van der Waals surface area contributed by atoms with E-state index in [1.54, 1.807) is 0 Å². The van der Waals surface area contributed by atoms with E-state index in [1.165, 1.54) is 24.1 Å². The second-order valence-corrected chi connectivity index (χ2v) is 10.8. The van der Waals surface area contributed by atoms with Gasteiger partial charge in [0.2, 0.25) is 0 Å².